The van der Waals surface area contributed by atoms with Crippen LogP contribution in [-0.2, 0) is 23.8 Å². The lowest BCUT2D eigenvalue weighted by atomic mass is 9.99. The molecule has 1 aromatic heterocycles. The molecule has 0 atom stereocenters. The number of pyridine rings is 1. The summed E-state index contributed by atoms with van der Waals surface area (Å²) in [6, 6.07) is 27.2. The molecule has 6 rings (SSSR count). The minimum atomic E-state index is -0.749. The first-order valence-electron chi connectivity index (χ1n) is 14.4. The van der Waals surface area contributed by atoms with E-state index in [1.165, 1.54) is 21.3 Å². The lowest BCUT2D eigenvalue weighted by Gasteiger charge is -2.16. The molecule has 9 heteroatoms. The first-order chi connectivity index (χ1) is 22.7. The Bertz CT molecular complexity index is 2220. The normalized spacial score (nSPS) is 12.0. The molecule has 0 spiro atoms. The molecule has 7 nitrogen and oxygen atoms in total. The van der Waals surface area contributed by atoms with E-state index in [4.69, 9.17) is 37.4 Å². The summed E-state index contributed by atoms with van der Waals surface area (Å²) in [5, 5.41) is 4.68. The van der Waals surface area contributed by atoms with E-state index >= 15 is 0 Å². The van der Waals surface area contributed by atoms with Gasteiger partial charge in [0, 0.05) is 22.2 Å². The van der Waals surface area contributed by atoms with Crippen LogP contribution in [0.4, 0.5) is 0 Å². The molecule has 47 heavy (non-hydrogen) atoms. The lowest BCUT2D eigenvalue weighted by Crippen LogP contribution is -2.39. The molecule has 6 aromatic rings. The monoisotopic (exact) mass is 663 g/mol. The third-order valence-electron chi connectivity index (χ3n) is 7.95. The zero-order chi connectivity index (χ0) is 33.2. The molecule has 0 aliphatic carbocycles. The fraction of sp³-hybridized carbons (Fsp3) is 0.0789. The maximum atomic E-state index is 13.8. The van der Waals surface area contributed by atoms with Crippen LogP contribution in [0.15, 0.2) is 97.2 Å². The van der Waals surface area contributed by atoms with Crippen LogP contribution >= 0.6 is 23.2 Å². The van der Waals surface area contributed by atoms with Gasteiger partial charge in [-0.25, -0.2) is 9.59 Å². The Kier molecular flexibility index (Phi) is 8.85. The first-order valence-corrected chi connectivity index (χ1v) is 15.2. The highest BCUT2D eigenvalue weighted by atomic mass is 35.5. The van der Waals surface area contributed by atoms with E-state index < -0.39 is 17.9 Å². The van der Waals surface area contributed by atoms with E-state index in [9.17, 15) is 14.4 Å². The van der Waals surface area contributed by atoms with Crippen molar-refractivity contribution in [3.8, 4) is 0 Å². The van der Waals surface area contributed by atoms with Gasteiger partial charge in [0.05, 0.1) is 37.9 Å². The van der Waals surface area contributed by atoms with Crippen molar-refractivity contribution in [2.45, 2.75) is 0 Å². The highest BCUT2D eigenvalue weighted by Gasteiger charge is 2.32. The number of benzene rings is 4. The molecule has 5 aromatic carbocycles. The summed E-state index contributed by atoms with van der Waals surface area (Å²) < 4.78 is 17.0. The predicted octanol–water partition coefficient (Wildman–Crippen LogP) is 8.13. The van der Waals surface area contributed by atoms with Crippen LogP contribution in [0.25, 0.3) is 55.9 Å². The Morgan fingerprint density at radius 3 is 1.89 bits per heavy atom. The maximum absolute atomic E-state index is 13.8. The highest BCUT2D eigenvalue weighted by Crippen LogP contribution is 2.42. The van der Waals surface area contributed by atoms with Gasteiger partial charge >= 0.3 is 11.9 Å². The van der Waals surface area contributed by atoms with Crippen LogP contribution in [-0.4, -0.2) is 39.2 Å². The Balaban J connectivity index is 1.62. The number of para-hydroxylation sites is 1. The SMILES string of the molecule is COC(=O)/C(=C(/C(=O)OC)[n+]1ccc(/C=C/c2ccc(C(=O)OC)cc2)c2ccccc21)[c-]1c2cc(Cl)ccc2c2ccc(Cl)cc21. The summed E-state index contributed by atoms with van der Waals surface area (Å²) in [5.41, 5.74) is 3.20. The Morgan fingerprint density at radius 1 is 0.681 bits per heavy atom. The number of rotatable bonds is 7. The smallest absolute Gasteiger partial charge is 0.379 e. The maximum Gasteiger partial charge on any atom is 0.379 e. The zero-order valence-electron chi connectivity index (χ0n) is 25.5. The summed E-state index contributed by atoms with van der Waals surface area (Å²) in [5.74, 6) is -1.90. The van der Waals surface area contributed by atoms with Gasteiger partial charge < -0.3 is 14.2 Å². The molecule has 0 aliphatic heterocycles. The second kappa shape index (κ2) is 13.2. The van der Waals surface area contributed by atoms with Gasteiger partial charge in [-0.3, -0.25) is 4.79 Å². The lowest BCUT2D eigenvalue weighted by molar-refractivity contribution is -0.548. The van der Waals surface area contributed by atoms with Gasteiger partial charge in [-0.2, -0.15) is 4.57 Å². The number of halogens is 2. The van der Waals surface area contributed by atoms with Crippen LogP contribution in [0.3, 0.4) is 0 Å². The second-order valence-electron chi connectivity index (χ2n) is 10.6. The topological polar surface area (TPSA) is 82.8 Å². The van der Waals surface area contributed by atoms with Crippen LogP contribution < -0.4 is 4.57 Å². The summed E-state index contributed by atoms with van der Waals surface area (Å²) in [6.07, 6.45) is 5.56. The van der Waals surface area contributed by atoms with E-state index in [2.05, 4.69) is 0 Å². The van der Waals surface area contributed by atoms with Gasteiger partial charge in [-0.15, -0.1) is 0 Å². The average Bonchev–Trinajstić information content (AvgIpc) is 3.40. The van der Waals surface area contributed by atoms with Crippen LogP contribution in [0.1, 0.15) is 27.0 Å². The molecule has 234 valence electrons. The van der Waals surface area contributed by atoms with Crippen molar-refractivity contribution < 1.29 is 33.2 Å². The van der Waals surface area contributed by atoms with Gasteiger partial charge in [0.25, 0.3) is 11.7 Å². The van der Waals surface area contributed by atoms with Crippen molar-refractivity contribution in [3.05, 3.63) is 129 Å². The molecular formula is C38H27Cl2NO6. The van der Waals surface area contributed by atoms with E-state index in [-0.39, 0.29) is 11.3 Å². The number of ether oxygens (including phenoxy) is 3. The van der Waals surface area contributed by atoms with Gasteiger partial charge in [0.15, 0.2) is 6.20 Å². The van der Waals surface area contributed by atoms with Crippen molar-refractivity contribution in [1.29, 1.82) is 0 Å². The molecule has 0 saturated heterocycles. The van der Waals surface area contributed by atoms with Gasteiger partial charge in [0.1, 0.15) is 0 Å². The van der Waals surface area contributed by atoms with Crippen molar-refractivity contribution >= 4 is 97.0 Å². The van der Waals surface area contributed by atoms with Crippen LogP contribution in [0, 0.1) is 0 Å². The molecule has 0 bridgehead atoms. The average molecular weight is 665 g/mol. The molecule has 0 saturated carbocycles. The van der Waals surface area contributed by atoms with E-state index in [0.717, 1.165) is 27.3 Å². The van der Waals surface area contributed by atoms with E-state index in [1.807, 2.05) is 66.7 Å². The number of carbonyl (C=O) groups is 3. The minimum Gasteiger partial charge on any atom is -0.490 e. The number of carbonyl (C=O) groups excluding carboxylic acids is 3. The summed E-state index contributed by atoms with van der Waals surface area (Å²) in [7, 11) is 3.86. The number of hydrogen-bond acceptors (Lipinski definition) is 6. The molecule has 0 fully saturated rings. The molecule has 0 aliphatic rings. The molecule has 0 amide bonds. The first kappa shape index (κ1) is 31.6. The van der Waals surface area contributed by atoms with E-state index in [0.29, 0.717) is 37.5 Å². The van der Waals surface area contributed by atoms with Gasteiger partial charge in [0.2, 0.25) is 5.52 Å². The molecule has 0 N–H and O–H groups in total. The molecule has 0 radical (unpaired) electrons. The number of esters is 3. The second-order valence-corrected chi connectivity index (χ2v) is 11.4. The van der Waals surface area contributed by atoms with Crippen molar-refractivity contribution in [3.63, 3.8) is 0 Å². The summed E-state index contributed by atoms with van der Waals surface area (Å²) in [6.45, 7) is 0. The van der Waals surface area contributed by atoms with Gasteiger partial charge in [-0.05, 0) is 29.3 Å². The van der Waals surface area contributed by atoms with Crippen molar-refractivity contribution in [2.24, 2.45) is 0 Å². The van der Waals surface area contributed by atoms with Crippen LogP contribution in [0.5, 0.6) is 0 Å². The van der Waals surface area contributed by atoms with Crippen molar-refractivity contribution in [2.75, 3.05) is 21.3 Å². The molecule has 1 heterocycles. The number of nitrogens with zero attached hydrogens (tertiary/aromatic N) is 1. The molecule has 0 unspecified atom stereocenters. The molecular weight excluding hydrogens is 637 g/mol. The van der Waals surface area contributed by atoms with Crippen molar-refractivity contribution in [1.82, 2.24) is 0 Å². The minimum absolute atomic E-state index is 0.00646. The third kappa shape index (κ3) is 5.87. The van der Waals surface area contributed by atoms with Crippen LogP contribution in [0.2, 0.25) is 10.0 Å². The Labute approximate surface area is 280 Å². The largest absolute Gasteiger partial charge is 0.490 e. The summed E-state index contributed by atoms with van der Waals surface area (Å²) >= 11 is 12.9. The third-order valence-corrected chi connectivity index (χ3v) is 8.42. The number of aromatic nitrogens is 1. The summed E-state index contributed by atoms with van der Waals surface area (Å²) in [4.78, 5) is 39.5. The van der Waals surface area contributed by atoms with Gasteiger partial charge in [-0.1, -0.05) is 123 Å². The Hall–Kier alpha value is -5.37. The fourth-order valence-corrected chi connectivity index (χ4v) is 6.14. The number of methoxy groups -OCH3 is 3. The quantitative estimate of drug-likeness (QED) is 0.0564. The zero-order valence-corrected chi connectivity index (χ0v) is 27.1. The fourth-order valence-electron chi connectivity index (χ4n) is 5.79. The number of fused-ring (bicyclic) bond motifs is 4. The Morgan fingerprint density at radius 2 is 1.30 bits per heavy atom. The van der Waals surface area contributed by atoms with E-state index in [1.54, 1.807) is 47.2 Å². The standard InChI is InChI=1S/C38H27Cl2NO6/c1-45-36(42)24-12-9-22(10-13-24)8-11-23-18-19-41(32-7-5-4-6-27(23)32)35(38(44)47-3)34(37(43)46-2)33-30-20-25(39)14-16-28(30)29-17-15-26(40)21-31(29)33/h4-21H,1-3H3/b11-8+,35-34-. The predicted molar refractivity (Wildman–Crippen MR) is 185 cm³/mol. The number of hydrogen-bond donors (Lipinski definition) is 0. The highest BCUT2D eigenvalue weighted by molar-refractivity contribution is 6.40.